The van der Waals surface area contributed by atoms with E-state index in [9.17, 15) is 9.59 Å². The van der Waals surface area contributed by atoms with Crippen LogP contribution < -0.4 is 15.0 Å². The van der Waals surface area contributed by atoms with E-state index in [-0.39, 0.29) is 23.8 Å². The number of amides is 2. The Hall–Kier alpha value is -2.96. The van der Waals surface area contributed by atoms with Crippen LogP contribution in [0.5, 0.6) is 5.75 Å². The summed E-state index contributed by atoms with van der Waals surface area (Å²) in [6, 6.07) is 22.6. The van der Waals surface area contributed by atoms with Crippen molar-refractivity contribution in [1.82, 2.24) is 0 Å². The lowest BCUT2D eigenvalue weighted by molar-refractivity contribution is -0.118. The second-order valence-electron chi connectivity index (χ2n) is 7.36. The van der Waals surface area contributed by atoms with Crippen molar-refractivity contribution in [3.63, 3.8) is 0 Å². The Morgan fingerprint density at radius 2 is 1.88 bits per heavy atom. The van der Waals surface area contributed by atoms with Crippen molar-refractivity contribution in [3.05, 3.63) is 88.9 Å². The molecule has 1 unspecified atom stereocenters. The zero-order valence-corrected chi connectivity index (χ0v) is 19.2. The molecule has 32 heavy (non-hydrogen) atoms. The van der Waals surface area contributed by atoms with Gasteiger partial charge in [0, 0.05) is 16.4 Å². The number of aryl methyl sites for hydroxylation is 1. The van der Waals surface area contributed by atoms with Crippen LogP contribution >= 0.6 is 23.4 Å². The van der Waals surface area contributed by atoms with Crippen LogP contribution in [-0.2, 0) is 16.0 Å². The van der Waals surface area contributed by atoms with Gasteiger partial charge in [0.15, 0.2) is 6.61 Å². The number of benzene rings is 3. The smallest absolute Gasteiger partial charge is 0.262 e. The predicted molar refractivity (Wildman–Crippen MR) is 131 cm³/mol. The van der Waals surface area contributed by atoms with E-state index in [2.05, 4.69) is 24.4 Å². The van der Waals surface area contributed by atoms with Crippen molar-refractivity contribution >= 4 is 46.6 Å². The lowest BCUT2D eigenvalue weighted by Crippen LogP contribution is -2.27. The van der Waals surface area contributed by atoms with E-state index < -0.39 is 0 Å². The summed E-state index contributed by atoms with van der Waals surface area (Å²) in [7, 11) is 0. The summed E-state index contributed by atoms with van der Waals surface area (Å²) in [6.45, 7) is 2.00. The molecule has 5 nitrogen and oxygen atoms in total. The standard InChI is InChI=1S/C25H23ClN2O3S/c1-2-17-4-3-5-21(14-17)28-24(30)16-32-25(28)18-6-10-20(11-7-18)27-23(29)15-31-22-12-8-19(26)9-13-22/h3-14,25H,2,15-16H2,1H3,(H,27,29). The van der Waals surface area contributed by atoms with Crippen LogP contribution in [0.25, 0.3) is 0 Å². The average Bonchev–Trinajstić information content (AvgIpc) is 3.20. The van der Waals surface area contributed by atoms with Gasteiger partial charge < -0.3 is 10.1 Å². The number of rotatable bonds is 7. The monoisotopic (exact) mass is 466 g/mol. The Labute approximate surface area is 196 Å². The first-order chi connectivity index (χ1) is 15.5. The zero-order chi connectivity index (χ0) is 22.5. The largest absolute Gasteiger partial charge is 0.484 e. The number of halogens is 1. The van der Waals surface area contributed by atoms with Gasteiger partial charge in [-0.2, -0.15) is 0 Å². The molecule has 1 heterocycles. The molecular formula is C25H23ClN2O3S. The zero-order valence-electron chi connectivity index (χ0n) is 17.6. The van der Waals surface area contributed by atoms with Crippen LogP contribution in [0.1, 0.15) is 23.4 Å². The highest BCUT2D eigenvalue weighted by Crippen LogP contribution is 2.42. The molecule has 3 aromatic rings. The molecule has 0 aliphatic carbocycles. The molecule has 0 radical (unpaired) electrons. The number of ether oxygens (including phenoxy) is 1. The fourth-order valence-corrected chi connectivity index (χ4v) is 4.79. The predicted octanol–water partition coefficient (Wildman–Crippen LogP) is 5.70. The molecule has 1 aliphatic rings. The second-order valence-corrected chi connectivity index (χ2v) is 8.87. The Bertz CT molecular complexity index is 1100. The molecule has 0 spiro atoms. The van der Waals surface area contributed by atoms with E-state index in [1.807, 2.05) is 41.3 Å². The number of hydrogen-bond donors (Lipinski definition) is 1. The molecule has 1 fully saturated rings. The highest BCUT2D eigenvalue weighted by atomic mass is 35.5. The van der Waals surface area contributed by atoms with Crippen molar-refractivity contribution in [1.29, 1.82) is 0 Å². The summed E-state index contributed by atoms with van der Waals surface area (Å²) in [5, 5.41) is 3.35. The van der Waals surface area contributed by atoms with Gasteiger partial charge in [0.25, 0.3) is 5.91 Å². The third kappa shape index (κ3) is 5.26. The van der Waals surface area contributed by atoms with Gasteiger partial charge in [-0.15, -0.1) is 11.8 Å². The first-order valence-electron chi connectivity index (χ1n) is 10.3. The summed E-state index contributed by atoms with van der Waals surface area (Å²) >= 11 is 7.45. The molecule has 1 N–H and O–H groups in total. The van der Waals surface area contributed by atoms with E-state index in [1.54, 1.807) is 36.0 Å². The highest BCUT2D eigenvalue weighted by molar-refractivity contribution is 8.00. The lowest BCUT2D eigenvalue weighted by Gasteiger charge is -2.25. The van der Waals surface area contributed by atoms with Gasteiger partial charge in [0.1, 0.15) is 11.1 Å². The SMILES string of the molecule is CCc1cccc(N2C(=O)CSC2c2ccc(NC(=O)COc3ccc(Cl)cc3)cc2)c1. The lowest BCUT2D eigenvalue weighted by atomic mass is 10.1. The minimum atomic E-state index is -0.254. The molecule has 1 atom stereocenters. The Balaban J connectivity index is 1.40. The van der Waals surface area contributed by atoms with Crippen molar-refractivity contribution < 1.29 is 14.3 Å². The Morgan fingerprint density at radius 1 is 1.12 bits per heavy atom. The molecule has 0 bridgehead atoms. The fraction of sp³-hybridized carbons (Fsp3) is 0.200. The van der Waals surface area contributed by atoms with Crippen LogP contribution in [0.2, 0.25) is 5.02 Å². The first-order valence-corrected chi connectivity index (χ1v) is 11.8. The molecule has 1 aliphatic heterocycles. The van der Waals surface area contributed by atoms with E-state index in [4.69, 9.17) is 16.3 Å². The molecule has 7 heteroatoms. The minimum Gasteiger partial charge on any atom is -0.484 e. The number of thioether (sulfide) groups is 1. The minimum absolute atomic E-state index is 0.0902. The first kappa shape index (κ1) is 22.2. The molecule has 1 saturated heterocycles. The summed E-state index contributed by atoms with van der Waals surface area (Å²) < 4.78 is 5.48. The van der Waals surface area contributed by atoms with Gasteiger partial charge in [0.2, 0.25) is 5.91 Å². The number of nitrogens with one attached hydrogen (secondary N) is 1. The van der Waals surface area contributed by atoms with Crippen molar-refractivity contribution in [2.75, 3.05) is 22.6 Å². The number of carbonyl (C=O) groups excluding carboxylic acids is 2. The topological polar surface area (TPSA) is 58.6 Å². The summed E-state index contributed by atoms with van der Waals surface area (Å²) in [5.41, 5.74) is 3.80. The second kappa shape index (κ2) is 10.1. The van der Waals surface area contributed by atoms with Crippen molar-refractivity contribution in [3.8, 4) is 5.75 Å². The van der Waals surface area contributed by atoms with E-state index in [0.29, 0.717) is 22.2 Å². The number of anilines is 2. The fourth-order valence-electron chi connectivity index (χ4n) is 3.48. The summed E-state index contributed by atoms with van der Waals surface area (Å²) in [6.07, 6.45) is 0.920. The summed E-state index contributed by atoms with van der Waals surface area (Å²) in [5.74, 6) is 0.873. The maximum absolute atomic E-state index is 12.6. The molecule has 0 aromatic heterocycles. The molecule has 164 valence electrons. The maximum Gasteiger partial charge on any atom is 0.262 e. The van der Waals surface area contributed by atoms with Gasteiger partial charge in [-0.1, -0.05) is 42.8 Å². The van der Waals surface area contributed by atoms with Crippen LogP contribution in [0.4, 0.5) is 11.4 Å². The third-order valence-corrected chi connectivity index (χ3v) is 6.59. The van der Waals surface area contributed by atoms with Gasteiger partial charge in [-0.25, -0.2) is 0 Å². The molecule has 3 aromatic carbocycles. The van der Waals surface area contributed by atoms with Gasteiger partial charge >= 0.3 is 0 Å². The molecule has 2 amide bonds. The van der Waals surface area contributed by atoms with Crippen molar-refractivity contribution in [2.45, 2.75) is 18.7 Å². The van der Waals surface area contributed by atoms with Crippen LogP contribution in [-0.4, -0.2) is 24.2 Å². The normalized spacial score (nSPS) is 15.6. The Morgan fingerprint density at radius 3 is 2.59 bits per heavy atom. The van der Waals surface area contributed by atoms with Gasteiger partial charge in [0.05, 0.1) is 5.75 Å². The number of nitrogens with zero attached hydrogens (tertiary/aromatic N) is 1. The summed E-state index contributed by atoms with van der Waals surface area (Å²) in [4.78, 5) is 26.7. The van der Waals surface area contributed by atoms with E-state index in [1.165, 1.54) is 5.56 Å². The van der Waals surface area contributed by atoms with Gasteiger partial charge in [-0.05, 0) is 66.1 Å². The van der Waals surface area contributed by atoms with Crippen LogP contribution in [0, 0.1) is 0 Å². The van der Waals surface area contributed by atoms with E-state index in [0.717, 1.165) is 17.7 Å². The highest BCUT2D eigenvalue weighted by Gasteiger charge is 2.34. The van der Waals surface area contributed by atoms with Crippen LogP contribution in [0.3, 0.4) is 0 Å². The van der Waals surface area contributed by atoms with Gasteiger partial charge in [-0.3, -0.25) is 14.5 Å². The van der Waals surface area contributed by atoms with Crippen molar-refractivity contribution in [2.24, 2.45) is 0 Å². The quantitative estimate of drug-likeness (QED) is 0.485. The molecule has 0 saturated carbocycles. The third-order valence-electron chi connectivity index (χ3n) is 5.13. The molecule has 4 rings (SSSR count). The maximum atomic E-state index is 12.6. The van der Waals surface area contributed by atoms with E-state index >= 15 is 0 Å². The average molecular weight is 467 g/mol. The molecular weight excluding hydrogens is 444 g/mol. The number of hydrogen-bond acceptors (Lipinski definition) is 4. The van der Waals surface area contributed by atoms with Crippen LogP contribution in [0.15, 0.2) is 72.8 Å². The Kier molecular flexibility index (Phi) is 7.02. The number of carbonyl (C=O) groups is 2.